The second-order valence-electron chi connectivity index (χ2n) is 6.99. The number of ether oxygens (including phenoxy) is 3. The first-order valence-corrected chi connectivity index (χ1v) is 11.1. The third-order valence-electron chi connectivity index (χ3n) is 4.92. The highest BCUT2D eigenvalue weighted by Crippen LogP contribution is 2.34. The molecule has 29 heavy (non-hydrogen) atoms. The summed E-state index contributed by atoms with van der Waals surface area (Å²) in [6.45, 7) is 5.40. The van der Waals surface area contributed by atoms with Gasteiger partial charge in [0, 0.05) is 31.7 Å². The van der Waals surface area contributed by atoms with Gasteiger partial charge in [0.1, 0.15) is 0 Å². The molecule has 156 valence electrons. The van der Waals surface area contributed by atoms with Crippen LogP contribution in [0.15, 0.2) is 23.4 Å². The molecule has 0 bridgehead atoms. The Morgan fingerprint density at radius 1 is 1.21 bits per heavy atom. The van der Waals surface area contributed by atoms with Crippen molar-refractivity contribution in [1.29, 1.82) is 0 Å². The van der Waals surface area contributed by atoms with Gasteiger partial charge in [0.25, 0.3) is 0 Å². The molecule has 3 heterocycles. The zero-order chi connectivity index (χ0) is 20.1. The molecule has 2 aromatic rings. The summed E-state index contributed by atoms with van der Waals surface area (Å²) >= 11 is 1.39. The molecule has 4 rings (SSSR count). The Morgan fingerprint density at radius 2 is 2.07 bits per heavy atom. The molecule has 1 amide bonds. The summed E-state index contributed by atoms with van der Waals surface area (Å²) in [5.74, 6) is 2.52. The fourth-order valence-corrected chi connectivity index (χ4v) is 4.24. The molecule has 1 N–H and O–H groups in total. The number of nitrogens with one attached hydrogen (secondary N) is 1. The highest BCUT2D eigenvalue weighted by Gasteiger charge is 2.19. The molecule has 1 fully saturated rings. The van der Waals surface area contributed by atoms with Gasteiger partial charge < -0.3 is 24.1 Å². The normalized spacial score (nSPS) is 18.4. The van der Waals surface area contributed by atoms with E-state index in [9.17, 15) is 4.79 Å². The topological polar surface area (TPSA) is 87.5 Å². The van der Waals surface area contributed by atoms with Crippen LogP contribution in [0, 0.1) is 0 Å². The molecule has 2 aliphatic heterocycles. The van der Waals surface area contributed by atoms with Crippen molar-refractivity contribution in [2.45, 2.75) is 44.0 Å². The van der Waals surface area contributed by atoms with Crippen molar-refractivity contribution in [2.24, 2.45) is 0 Å². The Balaban J connectivity index is 1.41. The van der Waals surface area contributed by atoms with Crippen molar-refractivity contribution in [2.75, 3.05) is 32.1 Å². The maximum atomic E-state index is 12.2. The molecule has 0 saturated carbocycles. The number of rotatable bonds is 7. The number of carbonyl (C=O) groups is 1. The first-order valence-electron chi connectivity index (χ1n) is 10.1. The molecule has 1 aromatic heterocycles. The fourth-order valence-electron chi connectivity index (χ4n) is 3.41. The van der Waals surface area contributed by atoms with Crippen LogP contribution in [0.25, 0.3) is 11.4 Å². The monoisotopic (exact) mass is 418 g/mol. The molecule has 2 aliphatic rings. The minimum Gasteiger partial charge on any atom is -0.490 e. The summed E-state index contributed by atoms with van der Waals surface area (Å²) in [7, 11) is 0. The van der Waals surface area contributed by atoms with E-state index < -0.39 is 0 Å². The lowest BCUT2D eigenvalue weighted by Crippen LogP contribution is -2.32. The van der Waals surface area contributed by atoms with Crippen LogP contribution in [-0.4, -0.2) is 58.9 Å². The van der Waals surface area contributed by atoms with Gasteiger partial charge >= 0.3 is 0 Å². The minimum atomic E-state index is -0.0201. The van der Waals surface area contributed by atoms with E-state index in [0.29, 0.717) is 32.1 Å². The smallest absolute Gasteiger partial charge is 0.230 e. The van der Waals surface area contributed by atoms with Crippen molar-refractivity contribution < 1.29 is 19.0 Å². The number of hydrogen-bond acceptors (Lipinski definition) is 7. The van der Waals surface area contributed by atoms with E-state index in [2.05, 4.69) is 15.5 Å². The van der Waals surface area contributed by atoms with Gasteiger partial charge in [-0.2, -0.15) is 0 Å². The highest BCUT2D eigenvalue weighted by molar-refractivity contribution is 7.99. The van der Waals surface area contributed by atoms with Crippen LogP contribution in [-0.2, 0) is 16.1 Å². The molecular formula is C20H26N4O4S. The lowest BCUT2D eigenvalue weighted by atomic mass is 10.2. The number of amides is 1. The van der Waals surface area contributed by atoms with Gasteiger partial charge in [0.05, 0.1) is 25.1 Å². The largest absolute Gasteiger partial charge is 0.490 e. The van der Waals surface area contributed by atoms with Gasteiger partial charge in [-0.3, -0.25) is 4.79 Å². The molecule has 0 radical (unpaired) electrons. The first kappa shape index (κ1) is 20.0. The van der Waals surface area contributed by atoms with E-state index in [1.54, 1.807) is 0 Å². The Hall–Kier alpha value is -2.26. The van der Waals surface area contributed by atoms with Crippen LogP contribution in [0.4, 0.5) is 0 Å². The van der Waals surface area contributed by atoms with Gasteiger partial charge in [-0.15, -0.1) is 10.2 Å². The number of aromatic nitrogens is 3. The second kappa shape index (κ2) is 9.49. The Kier molecular flexibility index (Phi) is 6.56. The summed E-state index contributed by atoms with van der Waals surface area (Å²) in [4.78, 5) is 12.2. The third kappa shape index (κ3) is 4.84. The van der Waals surface area contributed by atoms with Gasteiger partial charge in [-0.05, 0) is 38.0 Å². The number of carbonyl (C=O) groups excluding carboxylic acids is 1. The Morgan fingerprint density at radius 3 is 2.86 bits per heavy atom. The first-order chi connectivity index (χ1) is 14.2. The predicted molar refractivity (Wildman–Crippen MR) is 109 cm³/mol. The molecule has 1 unspecified atom stereocenters. The third-order valence-corrected chi connectivity index (χ3v) is 5.89. The SMILES string of the molecule is CCn1c(SCC(=O)NCC2CCCO2)nnc1-c1ccc2c(c1)OCCCO2. The zero-order valence-corrected chi connectivity index (χ0v) is 17.4. The van der Waals surface area contributed by atoms with Gasteiger partial charge in [0.2, 0.25) is 5.91 Å². The van der Waals surface area contributed by atoms with Crippen molar-refractivity contribution in [1.82, 2.24) is 20.1 Å². The Labute approximate surface area is 174 Å². The number of fused-ring (bicyclic) bond motifs is 1. The van der Waals surface area contributed by atoms with Crippen molar-refractivity contribution in [3.63, 3.8) is 0 Å². The number of nitrogens with zero attached hydrogens (tertiary/aromatic N) is 3. The van der Waals surface area contributed by atoms with E-state index in [4.69, 9.17) is 14.2 Å². The summed E-state index contributed by atoms with van der Waals surface area (Å²) < 4.78 is 19.0. The maximum Gasteiger partial charge on any atom is 0.230 e. The second-order valence-corrected chi connectivity index (χ2v) is 7.93. The molecule has 8 nitrogen and oxygen atoms in total. The number of hydrogen-bond donors (Lipinski definition) is 1. The average molecular weight is 419 g/mol. The van der Waals surface area contributed by atoms with Gasteiger partial charge in [0.15, 0.2) is 22.5 Å². The molecular weight excluding hydrogens is 392 g/mol. The molecule has 0 spiro atoms. The quantitative estimate of drug-likeness (QED) is 0.691. The van der Waals surface area contributed by atoms with Crippen molar-refractivity contribution >= 4 is 17.7 Å². The minimum absolute atomic E-state index is 0.0201. The lowest BCUT2D eigenvalue weighted by molar-refractivity contribution is -0.119. The van der Waals surface area contributed by atoms with Gasteiger partial charge in [-0.25, -0.2) is 0 Å². The van der Waals surface area contributed by atoms with E-state index in [0.717, 1.165) is 53.9 Å². The summed E-state index contributed by atoms with van der Waals surface area (Å²) in [6.07, 6.45) is 3.09. The van der Waals surface area contributed by atoms with Crippen LogP contribution in [0.3, 0.4) is 0 Å². The van der Waals surface area contributed by atoms with Crippen molar-refractivity contribution in [3.8, 4) is 22.9 Å². The summed E-state index contributed by atoms with van der Waals surface area (Å²) in [6, 6.07) is 5.82. The maximum absolute atomic E-state index is 12.2. The average Bonchev–Trinajstić information content (AvgIpc) is 3.34. The van der Waals surface area contributed by atoms with Crippen LogP contribution in [0.1, 0.15) is 26.2 Å². The van der Waals surface area contributed by atoms with Crippen LogP contribution in [0.5, 0.6) is 11.5 Å². The zero-order valence-electron chi connectivity index (χ0n) is 16.6. The van der Waals surface area contributed by atoms with E-state index in [1.807, 2.05) is 29.7 Å². The molecule has 1 saturated heterocycles. The lowest BCUT2D eigenvalue weighted by Gasteiger charge is -2.11. The molecule has 1 aromatic carbocycles. The molecule has 9 heteroatoms. The molecule has 1 atom stereocenters. The number of thioether (sulfide) groups is 1. The van der Waals surface area contributed by atoms with E-state index >= 15 is 0 Å². The molecule has 0 aliphatic carbocycles. The standard InChI is InChI=1S/C20H26N4O4S/c1-2-24-19(14-6-7-16-17(11-14)28-10-4-9-27-16)22-23-20(24)29-13-18(25)21-12-15-5-3-8-26-15/h6-7,11,15H,2-5,8-10,12-13H2,1H3,(H,21,25). The van der Waals surface area contributed by atoms with Crippen LogP contribution in [0.2, 0.25) is 0 Å². The van der Waals surface area contributed by atoms with Crippen LogP contribution >= 0.6 is 11.8 Å². The predicted octanol–water partition coefficient (Wildman–Crippen LogP) is 2.51. The summed E-state index contributed by atoms with van der Waals surface area (Å²) in [5, 5.41) is 12.3. The highest BCUT2D eigenvalue weighted by atomic mass is 32.2. The number of benzene rings is 1. The summed E-state index contributed by atoms with van der Waals surface area (Å²) in [5.41, 5.74) is 0.915. The van der Waals surface area contributed by atoms with Crippen LogP contribution < -0.4 is 14.8 Å². The fraction of sp³-hybridized carbons (Fsp3) is 0.550. The van der Waals surface area contributed by atoms with E-state index in [1.165, 1.54) is 11.8 Å². The Bertz CT molecular complexity index is 851. The van der Waals surface area contributed by atoms with E-state index in [-0.39, 0.29) is 12.0 Å². The van der Waals surface area contributed by atoms with Gasteiger partial charge in [-0.1, -0.05) is 11.8 Å². The van der Waals surface area contributed by atoms with Crippen molar-refractivity contribution in [3.05, 3.63) is 18.2 Å².